The molecule has 2 atom stereocenters. The number of hydrogen-bond donors (Lipinski definition) is 0. The molecule has 3 aromatic rings. The lowest BCUT2D eigenvalue weighted by atomic mass is 10.0. The van der Waals surface area contributed by atoms with Gasteiger partial charge < -0.3 is 9.47 Å². The number of aromatic nitrogens is 3. The Bertz CT molecular complexity index is 1360. The van der Waals surface area contributed by atoms with E-state index in [4.69, 9.17) is 25.3 Å². The first kappa shape index (κ1) is 24.4. The highest BCUT2D eigenvalue weighted by Crippen LogP contribution is 2.55. The Balaban J connectivity index is 1.68. The largest absolute Gasteiger partial charge is 0.493 e. The van der Waals surface area contributed by atoms with Crippen LogP contribution in [0.25, 0.3) is 5.69 Å². The van der Waals surface area contributed by atoms with Crippen LogP contribution in [0.5, 0.6) is 11.5 Å². The summed E-state index contributed by atoms with van der Waals surface area (Å²) < 4.78 is 41.9. The van der Waals surface area contributed by atoms with E-state index in [0.29, 0.717) is 28.9 Å². The second-order valence-electron chi connectivity index (χ2n) is 8.63. The number of rotatable bonds is 8. The van der Waals surface area contributed by atoms with Crippen molar-refractivity contribution in [1.29, 1.82) is 0 Å². The fourth-order valence-electron chi connectivity index (χ4n) is 4.47. The maximum Gasteiger partial charge on any atom is 0.264 e. The van der Waals surface area contributed by atoms with E-state index in [0.717, 1.165) is 47.6 Å². The van der Waals surface area contributed by atoms with Gasteiger partial charge in [-0.2, -0.15) is 8.42 Å². The van der Waals surface area contributed by atoms with Crippen molar-refractivity contribution in [3.05, 3.63) is 64.2 Å². The zero-order chi connectivity index (χ0) is 24.7. The van der Waals surface area contributed by atoms with Crippen LogP contribution in [0.2, 0.25) is 5.02 Å². The maximum absolute atomic E-state index is 11.6. The summed E-state index contributed by atoms with van der Waals surface area (Å²) in [5, 5.41) is 9.39. The van der Waals surface area contributed by atoms with E-state index in [-0.39, 0.29) is 17.1 Å². The van der Waals surface area contributed by atoms with Crippen molar-refractivity contribution < 1.29 is 22.1 Å². The molecular formula is C24H26ClN3O5S2. The van der Waals surface area contributed by atoms with Gasteiger partial charge in [0, 0.05) is 16.5 Å². The number of fused-ring (bicyclic) bond motifs is 3. The minimum atomic E-state index is -3.56. The van der Waals surface area contributed by atoms with E-state index in [1.807, 2.05) is 36.4 Å². The fourth-order valence-corrected chi connectivity index (χ4v) is 6.55. The number of methoxy groups -OCH3 is 2. The quantitative estimate of drug-likeness (QED) is 0.370. The second kappa shape index (κ2) is 9.65. The molecule has 5 rings (SSSR count). The molecule has 1 aromatic heterocycles. The van der Waals surface area contributed by atoms with Crippen LogP contribution in [-0.2, 0) is 14.3 Å². The molecule has 0 bridgehead atoms. The Morgan fingerprint density at radius 3 is 2.54 bits per heavy atom. The van der Waals surface area contributed by atoms with Crippen LogP contribution < -0.4 is 9.47 Å². The predicted octanol–water partition coefficient (Wildman–Crippen LogP) is 5.06. The van der Waals surface area contributed by atoms with Gasteiger partial charge in [0.25, 0.3) is 10.1 Å². The lowest BCUT2D eigenvalue weighted by molar-refractivity contribution is 0.313. The molecule has 2 heterocycles. The molecule has 0 spiro atoms. The molecule has 2 aliphatic rings. The number of para-hydroxylation sites is 1. The third-order valence-electron chi connectivity index (χ3n) is 6.15. The molecule has 2 aromatic carbocycles. The third kappa shape index (κ3) is 4.89. The Morgan fingerprint density at radius 2 is 1.86 bits per heavy atom. The minimum absolute atomic E-state index is 0.0428. The number of thioether (sulfide) groups is 1. The molecule has 1 fully saturated rings. The average molecular weight is 536 g/mol. The first-order valence-corrected chi connectivity index (χ1v) is 14.4. The van der Waals surface area contributed by atoms with E-state index in [1.165, 1.54) is 0 Å². The molecule has 0 radical (unpaired) electrons. The normalized spacial score (nSPS) is 19.5. The van der Waals surface area contributed by atoms with Gasteiger partial charge in [-0.05, 0) is 49.1 Å². The summed E-state index contributed by atoms with van der Waals surface area (Å²) in [6, 6.07) is 11.7. The summed E-state index contributed by atoms with van der Waals surface area (Å²) in [5.41, 5.74) is 2.90. The minimum Gasteiger partial charge on any atom is -0.493 e. The predicted molar refractivity (Wildman–Crippen MR) is 135 cm³/mol. The number of halogens is 1. The van der Waals surface area contributed by atoms with Gasteiger partial charge in [-0.25, -0.2) is 0 Å². The second-order valence-corrected chi connectivity index (χ2v) is 12.0. The van der Waals surface area contributed by atoms with E-state index in [1.54, 1.807) is 26.0 Å². The summed E-state index contributed by atoms with van der Waals surface area (Å²) >= 11 is 8.16. The van der Waals surface area contributed by atoms with Crippen molar-refractivity contribution in [3.8, 4) is 17.2 Å². The molecule has 1 aliphatic heterocycles. The number of ether oxygens (including phenoxy) is 2. The van der Waals surface area contributed by atoms with E-state index in [9.17, 15) is 8.42 Å². The molecule has 0 unspecified atom stereocenters. The molecule has 35 heavy (non-hydrogen) atoms. The topological polar surface area (TPSA) is 92.5 Å². The van der Waals surface area contributed by atoms with Crippen molar-refractivity contribution in [2.45, 2.75) is 35.7 Å². The Labute approximate surface area is 214 Å². The van der Waals surface area contributed by atoms with Crippen LogP contribution in [0.15, 0.2) is 36.4 Å². The van der Waals surface area contributed by atoms with Crippen LogP contribution in [-0.4, -0.2) is 50.3 Å². The van der Waals surface area contributed by atoms with Crippen molar-refractivity contribution in [3.63, 3.8) is 0 Å². The van der Waals surface area contributed by atoms with Crippen LogP contribution in [0.4, 0.5) is 0 Å². The summed E-state index contributed by atoms with van der Waals surface area (Å²) in [6.07, 6.45) is 3.64. The molecule has 0 N–H and O–H groups in total. The van der Waals surface area contributed by atoms with Gasteiger partial charge in [0.1, 0.15) is 5.82 Å². The van der Waals surface area contributed by atoms with Crippen molar-refractivity contribution in [1.82, 2.24) is 14.8 Å². The molecule has 8 nitrogen and oxygen atoms in total. The highest BCUT2D eigenvalue weighted by molar-refractivity contribution is 8.00. The first-order chi connectivity index (χ1) is 16.8. The highest BCUT2D eigenvalue weighted by atomic mass is 35.5. The molecule has 1 saturated carbocycles. The Morgan fingerprint density at radius 1 is 1.09 bits per heavy atom. The molecule has 0 amide bonds. The molecule has 11 heteroatoms. The van der Waals surface area contributed by atoms with Gasteiger partial charge in [-0.3, -0.25) is 8.75 Å². The Kier molecular flexibility index (Phi) is 6.73. The van der Waals surface area contributed by atoms with Crippen molar-refractivity contribution >= 4 is 33.5 Å². The molecule has 1 aliphatic carbocycles. The average Bonchev–Trinajstić information content (AvgIpc) is 3.60. The third-order valence-corrected chi connectivity index (χ3v) is 8.54. The molecule has 186 valence electrons. The smallest absolute Gasteiger partial charge is 0.264 e. The van der Waals surface area contributed by atoms with Gasteiger partial charge in [0.15, 0.2) is 17.3 Å². The number of benzene rings is 2. The summed E-state index contributed by atoms with van der Waals surface area (Å²) in [5.74, 6) is 3.34. The zero-order valence-electron chi connectivity index (χ0n) is 19.6. The van der Waals surface area contributed by atoms with Gasteiger partial charge >= 0.3 is 0 Å². The lowest BCUT2D eigenvalue weighted by Crippen LogP contribution is -2.10. The number of nitrogens with zero attached hydrogens (tertiary/aromatic N) is 3. The van der Waals surface area contributed by atoms with Crippen molar-refractivity contribution in [2.24, 2.45) is 0 Å². The van der Waals surface area contributed by atoms with Gasteiger partial charge in [0.05, 0.1) is 43.3 Å². The SMILES string of the molecule is COc1cccc([C@@H]2S[C@@H](CCOS(C)(=O)=O)c3nnc(C4CC4)n3-c3ccc(Cl)cc32)c1OC. The maximum atomic E-state index is 11.6. The summed E-state index contributed by atoms with van der Waals surface area (Å²) in [6.45, 7) is 0.0428. The van der Waals surface area contributed by atoms with Crippen LogP contribution in [0.1, 0.15) is 58.5 Å². The summed E-state index contributed by atoms with van der Waals surface area (Å²) in [7, 11) is -0.324. The van der Waals surface area contributed by atoms with E-state index in [2.05, 4.69) is 14.8 Å². The van der Waals surface area contributed by atoms with E-state index < -0.39 is 10.1 Å². The highest BCUT2D eigenvalue weighted by Gasteiger charge is 2.38. The number of hydrogen-bond acceptors (Lipinski definition) is 8. The Hall–Kier alpha value is -2.27. The van der Waals surface area contributed by atoms with Crippen molar-refractivity contribution in [2.75, 3.05) is 27.1 Å². The lowest BCUT2D eigenvalue weighted by Gasteiger charge is -2.24. The van der Waals surface area contributed by atoms with Crippen LogP contribution in [0, 0.1) is 0 Å². The first-order valence-electron chi connectivity index (χ1n) is 11.3. The fraction of sp³-hybridized carbons (Fsp3) is 0.417. The monoisotopic (exact) mass is 535 g/mol. The van der Waals surface area contributed by atoms with Crippen LogP contribution >= 0.6 is 23.4 Å². The molecule has 0 saturated heterocycles. The van der Waals surface area contributed by atoms with Crippen LogP contribution in [0.3, 0.4) is 0 Å². The van der Waals surface area contributed by atoms with Gasteiger partial charge in [-0.1, -0.05) is 23.7 Å². The van der Waals surface area contributed by atoms with E-state index >= 15 is 0 Å². The standard InChI is InChI=1S/C24H26ClN3O5S2/c1-31-19-6-4-5-16(21(19)32-2)22-17-13-15(25)9-10-18(17)28-23(14-7-8-14)26-27-24(28)20(34-22)11-12-33-35(3,29)30/h4-6,9-10,13-14,20,22H,7-8,11-12H2,1-3H3/t20-,22-/m0/s1. The van der Waals surface area contributed by atoms with Gasteiger partial charge in [0.2, 0.25) is 0 Å². The van der Waals surface area contributed by atoms with Gasteiger partial charge in [-0.15, -0.1) is 22.0 Å². The molecular weight excluding hydrogens is 510 g/mol. The zero-order valence-corrected chi connectivity index (χ0v) is 22.0. The summed E-state index contributed by atoms with van der Waals surface area (Å²) in [4.78, 5) is 0.